The van der Waals surface area contributed by atoms with Crippen molar-refractivity contribution in [3.05, 3.63) is 0 Å². The summed E-state index contributed by atoms with van der Waals surface area (Å²) in [6.45, 7) is 10.0. The third-order valence-corrected chi connectivity index (χ3v) is 2.04. The number of hydrogen-bond donors (Lipinski definition) is 1. The highest BCUT2D eigenvalue weighted by Crippen LogP contribution is 2.10. The predicted octanol–water partition coefficient (Wildman–Crippen LogP) is 1.64. The zero-order valence-electron chi connectivity index (χ0n) is 8.13. The van der Waals surface area contributed by atoms with Gasteiger partial charge >= 0.3 is 0 Å². The second-order valence-corrected chi connectivity index (χ2v) is 3.57. The minimum Gasteiger partial charge on any atom is -0.379 e. The lowest BCUT2D eigenvalue weighted by Gasteiger charge is -2.19. The Hall–Kier alpha value is -0.0800. The molecule has 2 nitrogen and oxygen atoms in total. The molecule has 2 heteroatoms. The Bertz CT molecular complexity index is 93.6. The molecule has 0 bridgehead atoms. The van der Waals surface area contributed by atoms with Crippen LogP contribution in [0.1, 0.15) is 27.7 Å². The number of rotatable bonds is 5. The van der Waals surface area contributed by atoms with Crippen LogP contribution in [-0.4, -0.2) is 19.3 Å². The minimum atomic E-state index is 0.336. The average Bonchev–Trinajstić information content (AvgIpc) is 1.98. The first-order chi connectivity index (χ1) is 5.07. The molecule has 2 atom stereocenters. The number of nitrogens with two attached hydrogens (primary N) is 1. The van der Waals surface area contributed by atoms with Gasteiger partial charge in [0.25, 0.3) is 0 Å². The van der Waals surface area contributed by atoms with E-state index in [1.807, 2.05) is 0 Å². The smallest absolute Gasteiger partial charge is 0.0519 e. The van der Waals surface area contributed by atoms with Crippen molar-refractivity contribution >= 4 is 0 Å². The third kappa shape index (κ3) is 5.22. The summed E-state index contributed by atoms with van der Waals surface area (Å²) in [6, 6.07) is 0. The minimum absolute atomic E-state index is 0.336. The quantitative estimate of drug-likeness (QED) is 0.662. The van der Waals surface area contributed by atoms with Crippen LogP contribution in [0, 0.1) is 11.8 Å². The van der Waals surface area contributed by atoms with E-state index in [2.05, 4.69) is 27.7 Å². The second-order valence-electron chi connectivity index (χ2n) is 3.57. The van der Waals surface area contributed by atoms with Gasteiger partial charge in [0, 0.05) is 6.61 Å². The number of hydrogen-bond acceptors (Lipinski definition) is 2. The molecule has 0 aromatic rings. The van der Waals surface area contributed by atoms with E-state index in [1.165, 1.54) is 0 Å². The Kier molecular flexibility index (Phi) is 5.51. The van der Waals surface area contributed by atoms with Gasteiger partial charge in [0.2, 0.25) is 0 Å². The molecule has 0 saturated heterocycles. The van der Waals surface area contributed by atoms with Crippen LogP contribution in [-0.2, 0) is 4.74 Å². The van der Waals surface area contributed by atoms with E-state index in [9.17, 15) is 0 Å². The van der Waals surface area contributed by atoms with Crippen LogP contribution in [0.25, 0.3) is 0 Å². The first-order valence-corrected chi connectivity index (χ1v) is 4.39. The molecule has 0 aromatic carbocycles. The van der Waals surface area contributed by atoms with Gasteiger partial charge in [0.15, 0.2) is 0 Å². The van der Waals surface area contributed by atoms with E-state index < -0.39 is 0 Å². The third-order valence-electron chi connectivity index (χ3n) is 2.04. The van der Waals surface area contributed by atoms with Gasteiger partial charge in [-0.1, -0.05) is 13.8 Å². The van der Waals surface area contributed by atoms with Crippen molar-refractivity contribution in [2.45, 2.75) is 33.8 Å². The molecule has 0 aromatic heterocycles. The van der Waals surface area contributed by atoms with Crippen LogP contribution >= 0.6 is 0 Å². The zero-order valence-corrected chi connectivity index (χ0v) is 8.13. The summed E-state index contributed by atoms with van der Waals surface area (Å²) in [4.78, 5) is 0. The Labute approximate surface area is 70.1 Å². The van der Waals surface area contributed by atoms with Gasteiger partial charge in [-0.2, -0.15) is 0 Å². The molecule has 0 aliphatic rings. The largest absolute Gasteiger partial charge is 0.379 e. The Balaban J connectivity index is 3.43. The van der Waals surface area contributed by atoms with Gasteiger partial charge in [-0.3, -0.25) is 0 Å². The first-order valence-electron chi connectivity index (χ1n) is 4.39. The molecule has 0 heterocycles. The molecule has 0 spiro atoms. The van der Waals surface area contributed by atoms with Crippen molar-refractivity contribution in [3.8, 4) is 0 Å². The van der Waals surface area contributed by atoms with Crippen molar-refractivity contribution in [2.75, 3.05) is 13.2 Å². The summed E-state index contributed by atoms with van der Waals surface area (Å²) >= 11 is 0. The van der Waals surface area contributed by atoms with Gasteiger partial charge in [-0.05, 0) is 32.2 Å². The molecular formula is C9H21NO. The van der Waals surface area contributed by atoms with E-state index in [1.54, 1.807) is 0 Å². The molecule has 11 heavy (non-hydrogen) atoms. The van der Waals surface area contributed by atoms with Gasteiger partial charge in [0.1, 0.15) is 0 Å². The molecule has 0 amide bonds. The summed E-state index contributed by atoms with van der Waals surface area (Å²) in [7, 11) is 0. The van der Waals surface area contributed by atoms with Gasteiger partial charge in [-0.15, -0.1) is 0 Å². The Morgan fingerprint density at radius 2 is 1.64 bits per heavy atom. The van der Waals surface area contributed by atoms with Crippen LogP contribution in [0.4, 0.5) is 0 Å². The number of ether oxygens (including phenoxy) is 1. The predicted molar refractivity (Wildman–Crippen MR) is 48.5 cm³/mol. The molecular weight excluding hydrogens is 138 g/mol. The van der Waals surface area contributed by atoms with E-state index in [0.717, 1.165) is 13.2 Å². The highest BCUT2D eigenvalue weighted by molar-refractivity contribution is 4.61. The summed E-state index contributed by atoms with van der Waals surface area (Å²) < 4.78 is 5.47. The maximum Gasteiger partial charge on any atom is 0.0519 e. The summed E-state index contributed by atoms with van der Waals surface area (Å²) in [5.74, 6) is 1.14. The second kappa shape index (κ2) is 5.56. The molecule has 0 fully saturated rings. The molecule has 0 saturated carbocycles. The Morgan fingerprint density at radius 3 is 2.00 bits per heavy atom. The van der Waals surface area contributed by atoms with Gasteiger partial charge in [0.05, 0.1) is 6.10 Å². The topological polar surface area (TPSA) is 35.2 Å². The monoisotopic (exact) mass is 159 g/mol. The summed E-state index contributed by atoms with van der Waals surface area (Å²) in [5.41, 5.74) is 5.52. The first kappa shape index (κ1) is 10.9. The van der Waals surface area contributed by atoms with Gasteiger partial charge in [-0.25, -0.2) is 0 Å². The average molecular weight is 159 g/mol. The lowest BCUT2D eigenvalue weighted by atomic mass is 9.97. The van der Waals surface area contributed by atoms with Crippen molar-refractivity contribution in [2.24, 2.45) is 17.6 Å². The van der Waals surface area contributed by atoms with Crippen LogP contribution in [0.2, 0.25) is 0 Å². The van der Waals surface area contributed by atoms with Crippen molar-refractivity contribution in [1.29, 1.82) is 0 Å². The lowest BCUT2D eigenvalue weighted by molar-refractivity contribution is 0.0432. The summed E-state index contributed by atoms with van der Waals surface area (Å²) in [5, 5.41) is 0. The molecule has 2 N–H and O–H groups in total. The zero-order chi connectivity index (χ0) is 8.85. The fraction of sp³-hybridized carbons (Fsp3) is 1.00. The molecule has 68 valence electrons. The molecule has 0 aliphatic carbocycles. The van der Waals surface area contributed by atoms with E-state index in [-0.39, 0.29) is 0 Å². The Morgan fingerprint density at radius 1 is 1.09 bits per heavy atom. The van der Waals surface area contributed by atoms with Crippen LogP contribution in [0.5, 0.6) is 0 Å². The fourth-order valence-electron chi connectivity index (χ4n) is 0.741. The maximum absolute atomic E-state index is 5.52. The van der Waals surface area contributed by atoms with Crippen molar-refractivity contribution in [3.63, 3.8) is 0 Å². The van der Waals surface area contributed by atoms with Gasteiger partial charge < -0.3 is 10.5 Å². The standard InChI is InChI=1S/C9H21NO/c1-7(2)11-6-9(4)8(3)5-10/h7-9H,5-6,10H2,1-4H3. The molecule has 0 radical (unpaired) electrons. The maximum atomic E-state index is 5.52. The molecule has 0 aliphatic heterocycles. The van der Waals surface area contributed by atoms with Crippen molar-refractivity contribution in [1.82, 2.24) is 0 Å². The highest BCUT2D eigenvalue weighted by atomic mass is 16.5. The van der Waals surface area contributed by atoms with E-state index >= 15 is 0 Å². The normalized spacial score (nSPS) is 16.9. The molecule has 0 rings (SSSR count). The van der Waals surface area contributed by atoms with Crippen LogP contribution in [0.15, 0.2) is 0 Å². The van der Waals surface area contributed by atoms with E-state index in [4.69, 9.17) is 10.5 Å². The highest BCUT2D eigenvalue weighted by Gasteiger charge is 2.10. The van der Waals surface area contributed by atoms with Crippen LogP contribution in [0.3, 0.4) is 0 Å². The summed E-state index contributed by atoms with van der Waals surface area (Å²) in [6.07, 6.45) is 0.336. The van der Waals surface area contributed by atoms with Crippen LogP contribution < -0.4 is 5.73 Å². The molecule has 2 unspecified atom stereocenters. The van der Waals surface area contributed by atoms with Crippen molar-refractivity contribution < 1.29 is 4.74 Å². The fourth-order valence-corrected chi connectivity index (χ4v) is 0.741. The SMILES string of the molecule is CC(C)OCC(C)C(C)CN. The van der Waals surface area contributed by atoms with E-state index in [0.29, 0.717) is 17.9 Å². The lowest BCUT2D eigenvalue weighted by Crippen LogP contribution is -2.23.